The number of benzene rings is 2. The number of nitrogens with zero attached hydrogens (tertiary/aromatic N) is 2. The zero-order valence-corrected chi connectivity index (χ0v) is 13.0. The van der Waals surface area contributed by atoms with E-state index >= 15 is 0 Å². The molecule has 0 unspecified atom stereocenters. The normalized spacial score (nSPS) is 10.9. The summed E-state index contributed by atoms with van der Waals surface area (Å²) in [7, 11) is 1.68. The van der Waals surface area contributed by atoms with Gasteiger partial charge in [0.2, 0.25) is 0 Å². The summed E-state index contributed by atoms with van der Waals surface area (Å²) in [4.78, 5) is 4.13. The van der Waals surface area contributed by atoms with E-state index in [0.29, 0.717) is 36.6 Å². The molecule has 0 heterocycles. The zero-order valence-electron chi connectivity index (χ0n) is 13.0. The SMILES string of the molecule is CN=C(NCCc1ccccc1F)NCc1cccc(C#N)c1. The van der Waals surface area contributed by atoms with E-state index in [1.54, 1.807) is 25.2 Å². The predicted octanol–water partition coefficient (Wildman–Crippen LogP) is 2.61. The number of halogens is 1. The first-order valence-corrected chi connectivity index (χ1v) is 7.40. The molecule has 0 bridgehead atoms. The van der Waals surface area contributed by atoms with Crippen LogP contribution in [-0.2, 0) is 13.0 Å². The smallest absolute Gasteiger partial charge is 0.191 e. The van der Waals surface area contributed by atoms with Crippen molar-refractivity contribution in [3.05, 3.63) is 71.0 Å². The summed E-state index contributed by atoms with van der Waals surface area (Å²) >= 11 is 0. The third-order valence-electron chi connectivity index (χ3n) is 3.38. The van der Waals surface area contributed by atoms with Crippen molar-refractivity contribution in [3.63, 3.8) is 0 Å². The second-order valence-electron chi connectivity index (χ2n) is 5.01. The number of aliphatic imine (C=N–C) groups is 1. The van der Waals surface area contributed by atoms with Crippen LogP contribution in [0.1, 0.15) is 16.7 Å². The Hall–Kier alpha value is -2.87. The fourth-order valence-corrected chi connectivity index (χ4v) is 2.17. The van der Waals surface area contributed by atoms with Gasteiger partial charge < -0.3 is 10.6 Å². The van der Waals surface area contributed by atoms with E-state index in [2.05, 4.69) is 21.7 Å². The molecule has 0 spiro atoms. The van der Waals surface area contributed by atoms with Gasteiger partial charge in [0.25, 0.3) is 0 Å². The molecule has 0 amide bonds. The van der Waals surface area contributed by atoms with E-state index in [9.17, 15) is 4.39 Å². The Morgan fingerprint density at radius 3 is 2.74 bits per heavy atom. The molecular weight excluding hydrogens is 291 g/mol. The molecule has 23 heavy (non-hydrogen) atoms. The highest BCUT2D eigenvalue weighted by atomic mass is 19.1. The van der Waals surface area contributed by atoms with Crippen LogP contribution in [-0.4, -0.2) is 19.6 Å². The van der Waals surface area contributed by atoms with Crippen LogP contribution in [0.25, 0.3) is 0 Å². The van der Waals surface area contributed by atoms with Gasteiger partial charge in [-0.3, -0.25) is 4.99 Å². The van der Waals surface area contributed by atoms with E-state index in [4.69, 9.17) is 5.26 Å². The summed E-state index contributed by atoms with van der Waals surface area (Å²) < 4.78 is 13.5. The van der Waals surface area contributed by atoms with E-state index in [1.165, 1.54) is 6.07 Å². The van der Waals surface area contributed by atoms with E-state index in [1.807, 2.05) is 24.3 Å². The first-order chi connectivity index (χ1) is 11.2. The van der Waals surface area contributed by atoms with Gasteiger partial charge in [-0.15, -0.1) is 0 Å². The van der Waals surface area contributed by atoms with Gasteiger partial charge in [-0.2, -0.15) is 5.26 Å². The van der Waals surface area contributed by atoms with Gasteiger partial charge in [-0.1, -0.05) is 30.3 Å². The molecule has 2 rings (SSSR count). The highest BCUT2D eigenvalue weighted by molar-refractivity contribution is 5.79. The average molecular weight is 310 g/mol. The van der Waals surface area contributed by atoms with Crippen LogP contribution >= 0.6 is 0 Å². The average Bonchev–Trinajstić information content (AvgIpc) is 2.59. The van der Waals surface area contributed by atoms with E-state index in [-0.39, 0.29) is 5.82 Å². The van der Waals surface area contributed by atoms with Crippen molar-refractivity contribution in [2.24, 2.45) is 4.99 Å². The molecule has 0 fully saturated rings. The van der Waals surface area contributed by atoms with Crippen molar-refractivity contribution in [2.45, 2.75) is 13.0 Å². The van der Waals surface area contributed by atoms with Crippen molar-refractivity contribution in [1.29, 1.82) is 5.26 Å². The first kappa shape index (κ1) is 16.5. The molecule has 2 aromatic rings. The van der Waals surface area contributed by atoms with Crippen molar-refractivity contribution in [3.8, 4) is 6.07 Å². The highest BCUT2D eigenvalue weighted by Gasteiger charge is 2.02. The minimum atomic E-state index is -0.189. The molecule has 118 valence electrons. The minimum absolute atomic E-state index is 0.189. The Balaban J connectivity index is 1.82. The lowest BCUT2D eigenvalue weighted by atomic mass is 10.1. The Bertz CT molecular complexity index is 719. The van der Waals surface area contributed by atoms with Crippen LogP contribution in [0.5, 0.6) is 0 Å². The van der Waals surface area contributed by atoms with Crippen molar-refractivity contribution >= 4 is 5.96 Å². The van der Waals surface area contributed by atoms with Crippen LogP contribution in [0, 0.1) is 17.1 Å². The van der Waals surface area contributed by atoms with Gasteiger partial charge in [0.1, 0.15) is 5.82 Å². The van der Waals surface area contributed by atoms with Crippen LogP contribution < -0.4 is 10.6 Å². The van der Waals surface area contributed by atoms with Gasteiger partial charge >= 0.3 is 0 Å². The molecular formula is C18H19FN4. The quantitative estimate of drug-likeness (QED) is 0.659. The number of hydrogen-bond donors (Lipinski definition) is 2. The molecule has 0 saturated carbocycles. The summed E-state index contributed by atoms with van der Waals surface area (Å²) in [6.45, 7) is 1.15. The van der Waals surface area contributed by atoms with E-state index < -0.39 is 0 Å². The Labute approximate surface area is 135 Å². The fourth-order valence-electron chi connectivity index (χ4n) is 2.17. The van der Waals surface area contributed by atoms with Gasteiger partial charge in [0.15, 0.2) is 5.96 Å². The van der Waals surface area contributed by atoms with Crippen molar-refractivity contribution in [1.82, 2.24) is 10.6 Å². The Morgan fingerprint density at radius 1 is 1.17 bits per heavy atom. The van der Waals surface area contributed by atoms with Gasteiger partial charge in [-0.25, -0.2) is 4.39 Å². The molecule has 0 aliphatic rings. The fraction of sp³-hybridized carbons (Fsp3) is 0.222. The molecule has 0 aromatic heterocycles. The standard InChI is InChI=1S/C18H19FN4/c1-21-18(22-10-9-16-7-2-3-8-17(16)19)23-13-15-6-4-5-14(11-15)12-20/h2-8,11H,9-10,13H2,1H3,(H2,21,22,23). The predicted molar refractivity (Wildman–Crippen MR) is 89.5 cm³/mol. The summed E-state index contributed by atoms with van der Waals surface area (Å²) in [6, 6.07) is 16.3. The summed E-state index contributed by atoms with van der Waals surface area (Å²) in [5, 5.41) is 15.2. The number of guanidine groups is 1. The van der Waals surface area contributed by atoms with Crippen LogP contribution in [0.3, 0.4) is 0 Å². The second kappa shape index (κ2) is 8.54. The van der Waals surface area contributed by atoms with Crippen molar-refractivity contribution < 1.29 is 4.39 Å². The number of hydrogen-bond acceptors (Lipinski definition) is 2. The molecule has 0 saturated heterocycles. The first-order valence-electron chi connectivity index (χ1n) is 7.40. The van der Waals surface area contributed by atoms with E-state index in [0.717, 1.165) is 5.56 Å². The van der Waals surface area contributed by atoms with Gasteiger partial charge in [-0.05, 0) is 35.7 Å². The van der Waals surface area contributed by atoms with Crippen molar-refractivity contribution in [2.75, 3.05) is 13.6 Å². The third-order valence-corrected chi connectivity index (χ3v) is 3.38. The minimum Gasteiger partial charge on any atom is -0.356 e. The number of nitriles is 1. The van der Waals surface area contributed by atoms with Crippen LogP contribution in [0.2, 0.25) is 0 Å². The lowest BCUT2D eigenvalue weighted by molar-refractivity contribution is 0.606. The Morgan fingerprint density at radius 2 is 2.00 bits per heavy atom. The molecule has 0 atom stereocenters. The third kappa shape index (κ3) is 5.11. The maximum atomic E-state index is 13.5. The Kier molecular flexibility index (Phi) is 6.13. The maximum Gasteiger partial charge on any atom is 0.191 e. The lowest BCUT2D eigenvalue weighted by Gasteiger charge is -2.12. The number of nitrogens with one attached hydrogen (secondary N) is 2. The summed E-state index contributed by atoms with van der Waals surface area (Å²) in [6.07, 6.45) is 0.581. The molecule has 0 radical (unpaired) electrons. The van der Waals surface area contributed by atoms with Gasteiger partial charge in [0, 0.05) is 20.1 Å². The molecule has 2 aromatic carbocycles. The zero-order chi connectivity index (χ0) is 16.5. The van der Waals surface area contributed by atoms with Crippen LogP contribution in [0.15, 0.2) is 53.5 Å². The molecule has 2 N–H and O–H groups in total. The number of rotatable bonds is 5. The molecule has 4 nitrogen and oxygen atoms in total. The summed E-state index contributed by atoms with van der Waals surface area (Å²) in [5.74, 6) is 0.453. The summed E-state index contributed by atoms with van der Waals surface area (Å²) in [5.41, 5.74) is 2.31. The van der Waals surface area contributed by atoms with Crippen LogP contribution in [0.4, 0.5) is 4.39 Å². The largest absolute Gasteiger partial charge is 0.356 e. The second-order valence-corrected chi connectivity index (χ2v) is 5.01. The molecule has 5 heteroatoms. The lowest BCUT2D eigenvalue weighted by Crippen LogP contribution is -2.37. The van der Waals surface area contributed by atoms with Gasteiger partial charge in [0.05, 0.1) is 11.6 Å². The monoisotopic (exact) mass is 310 g/mol. The highest BCUT2D eigenvalue weighted by Crippen LogP contribution is 2.06. The maximum absolute atomic E-state index is 13.5. The topological polar surface area (TPSA) is 60.2 Å². The molecule has 0 aliphatic carbocycles. The molecule has 0 aliphatic heterocycles.